The normalized spacial score (nSPS) is 11.4. The summed E-state index contributed by atoms with van der Waals surface area (Å²) in [6.45, 7) is 2.64. The van der Waals surface area contributed by atoms with Crippen molar-refractivity contribution in [2.45, 2.75) is 13.5 Å². The van der Waals surface area contributed by atoms with E-state index in [1.54, 1.807) is 0 Å². The highest BCUT2D eigenvalue weighted by molar-refractivity contribution is 9.10. The van der Waals surface area contributed by atoms with Gasteiger partial charge in [-0.3, -0.25) is 0 Å². The molecule has 0 bridgehead atoms. The fourth-order valence-corrected chi connectivity index (χ4v) is 2.33. The number of benzene rings is 2. The molecule has 0 aliphatic carbocycles. The zero-order chi connectivity index (χ0) is 14.5. The van der Waals surface area contributed by atoms with E-state index in [9.17, 15) is 0 Å². The number of hydrogen-bond acceptors (Lipinski definition) is 3. The van der Waals surface area contributed by atoms with Gasteiger partial charge in [-0.1, -0.05) is 51.4 Å². The highest BCUT2D eigenvalue weighted by atomic mass is 79.9. The molecule has 2 aromatic rings. The molecule has 0 aromatic heterocycles. The van der Waals surface area contributed by atoms with E-state index in [2.05, 4.69) is 26.4 Å². The molecule has 4 N–H and O–H groups in total. The van der Waals surface area contributed by atoms with Crippen LogP contribution in [0.3, 0.4) is 0 Å². The van der Waals surface area contributed by atoms with Crippen molar-refractivity contribution in [3.63, 3.8) is 0 Å². The average Bonchev–Trinajstić information content (AvgIpc) is 2.48. The van der Waals surface area contributed by atoms with Crippen LogP contribution in [0.5, 0.6) is 0 Å². The Labute approximate surface area is 126 Å². The molecule has 0 aliphatic heterocycles. The van der Waals surface area contributed by atoms with E-state index in [-0.39, 0.29) is 5.84 Å². The van der Waals surface area contributed by atoms with Crippen LogP contribution in [0.4, 0.5) is 5.69 Å². The fraction of sp³-hybridized carbons (Fsp3) is 0.133. The quantitative estimate of drug-likeness (QED) is 0.347. The molecule has 0 saturated carbocycles. The summed E-state index contributed by atoms with van der Waals surface area (Å²) >= 11 is 3.51. The molecular weight excluding hydrogens is 318 g/mol. The first kappa shape index (κ1) is 14.4. The third-order valence-electron chi connectivity index (χ3n) is 3.14. The predicted molar refractivity (Wildman–Crippen MR) is 85.2 cm³/mol. The number of amidine groups is 1. The summed E-state index contributed by atoms with van der Waals surface area (Å²) < 4.78 is 1.06. The minimum atomic E-state index is 0.119. The van der Waals surface area contributed by atoms with Gasteiger partial charge in [0.1, 0.15) is 0 Å². The number of anilines is 1. The molecule has 2 aromatic carbocycles. The SMILES string of the molecule is Cc1c(Br)cccc1NCc1ccccc1/C(N)=N/O. The molecule has 0 heterocycles. The Morgan fingerprint density at radius 1 is 1.25 bits per heavy atom. The van der Waals surface area contributed by atoms with Crippen molar-refractivity contribution in [1.29, 1.82) is 0 Å². The number of nitrogens with zero attached hydrogens (tertiary/aromatic N) is 1. The molecule has 0 atom stereocenters. The van der Waals surface area contributed by atoms with Crippen LogP contribution >= 0.6 is 15.9 Å². The van der Waals surface area contributed by atoms with Gasteiger partial charge in [0.25, 0.3) is 0 Å². The van der Waals surface area contributed by atoms with Crippen molar-refractivity contribution in [2.75, 3.05) is 5.32 Å². The zero-order valence-corrected chi connectivity index (χ0v) is 12.7. The maximum absolute atomic E-state index is 8.81. The molecular formula is C15H16BrN3O. The summed E-state index contributed by atoms with van der Waals surface area (Å²) in [5.74, 6) is 0.119. The summed E-state index contributed by atoms with van der Waals surface area (Å²) in [4.78, 5) is 0. The average molecular weight is 334 g/mol. The second kappa shape index (κ2) is 6.43. The van der Waals surface area contributed by atoms with Crippen LogP contribution in [0.25, 0.3) is 0 Å². The number of nitrogens with two attached hydrogens (primary N) is 1. The van der Waals surface area contributed by atoms with E-state index in [0.717, 1.165) is 26.9 Å². The van der Waals surface area contributed by atoms with E-state index >= 15 is 0 Å². The van der Waals surface area contributed by atoms with Crippen LogP contribution in [0.1, 0.15) is 16.7 Å². The summed E-state index contributed by atoms with van der Waals surface area (Å²) in [5, 5.41) is 15.2. The second-order valence-electron chi connectivity index (χ2n) is 4.41. The number of halogens is 1. The van der Waals surface area contributed by atoms with Crippen molar-refractivity contribution in [3.8, 4) is 0 Å². The molecule has 0 aliphatic rings. The second-order valence-corrected chi connectivity index (χ2v) is 5.26. The molecule has 0 amide bonds. The lowest BCUT2D eigenvalue weighted by Gasteiger charge is -2.13. The van der Waals surface area contributed by atoms with E-state index in [1.807, 2.05) is 49.4 Å². The molecule has 0 fully saturated rings. The van der Waals surface area contributed by atoms with Gasteiger partial charge in [0, 0.05) is 22.3 Å². The van der Waals surface area contributed by atoms with Gasteiger partial charge < -0.3 is 16.3 Å². The smallest absolute Gasteiger partial charge is 0.170 e. The lowest BCUT2D eigenvalue weighted by molar-refractivity contribution is 0.318. The first-order valence-electron chi connectivity index (χ1n) is 6.18. The van der Waals surface area contributed by atoms with Crippen LogP contribution in [-0.2, 0) is 6.54 Å². The third kappa shape index (κ3) is 3.11. The van der Waals surface area contributed by atoms with Crippen LogP contribution < -0.4 is 11.1 Å². The number of oxime groups is 1. The van der Waals surface area contributed by atoms with Crippen LogP contribution in [0.2, 0.25) is 0 Å². The Balaban J connectivity index is 2.21. The van der Waals surface area contributed by atoms with Crippen LogP contribution in [0, 0.1) is 6.92 Å². The summed E-state index contributed by atoms with van der Waals surface area (Å²) in [6.07, 6.45) is 0. The molecule has 0 spiro atoms. The van der Waals surface area contributed by atoms with Crippen LogP contribution in [-0.4, -0.2) is 11.0 Å². The fourth-order valence-electron chi connectivity index (χ4n) is 1.97. The van der Waals surface area contributed by atoms with Gasteiger partial charge >= 0.3 is 0 Å². The molecule has 104 valence electrons. The number of nitrogens with one attached hydrogen (secondary N) is 1. The van der Waals surface area contributed by atoms with Gasteiger partial charge in [0.05, 0.1) is 0 Å². The molecule has 20 heavy (non-hydrogen) atoms. The van der Waals surface area contributed by atoms with Gasteiger partial charge in [0.2, 0.25) is 0 Å². The number of rotatable bonds is 4. The monoisotopic (exact) mass is 333 g/mol. The molecule has 5 heteroatoms. The lowest BCUT2D eigenvalue weighted by Crippen LogP contribution is -2.16. The van der Waals surface area contributed by atoms with Gasteiger partial charge in [-0.15, -0.1) is 0 Å². The highest BCUT2D eigenvalue weighted by Gasteiger charge is 2.07. The van der Waals surface area contributed by atoms with E-state index in [4.69, 9.17) is 10.9 Å². The van der Waals surface area contributed by atoms with Crippen molar-refractivity contribution < 1.29 is 5.21 Å². The predicted octanol–water partition coefficient (Wildman–Crippen LogP) is 3.46. The Morgan fingerprint density at radius 2 is 2.00 bits per heavy atom. The topological polar surface area (TPSA) is 70.6 Å². The lowest BCUT2D eigenvalue weighted by atomic mass is 10.1. The van der Waals surface area contributed by atoms with Crippen molar-refractivity contribution in [3.05, 3.63) is 63.6 Å². The molecule has 0 saturated heterocycles. The standard InChI is InChI=1S/C15H16BrN3O/c1-10-13(16)7-4-8-14(10)18-9-11-5-2-3-6-12(11)15(17)19-20/h2-8,18,20H,9H2,1H3,(H2,17,19). The van der Waals surface area contributed by atoms with Gasteiger partial charge in [-0.05, 0) is 30.2 Å². The maximum Gasteiger partial charge on any atom is 0.170 e. The highest BCUT2D eigenvalue weighted by Crippen LogP contribution is 2.24. The zero-order valence-electron chi connectivity index (χ0n) is 11.1. The Hall–Kier alpha value is -2.01. The van der Waals surface area contributed by atoms with Crippen molar-refractivity contribution >= 4 is 27.5 Å². The summed E-state index contributed by atoms with van der Waals surface area (Å²) in [5.41, 5.74) is 9.59. The van der Waals surface area contributed by atoms with E-state index in [0.29, 0.717) is 6.54 Å². The van der Waals surface area contributed by atoms with Crippen molar-refractivity contribution in [2.24, 2.45) is 10.9 Å². The molecule has 0 unspecified atom stereocenters. The Kier molecular flexibility index (Phi) is 4.63. The van der Waals surface area contributed by atoms with Gasteiger partial charge in [0.15, 0.2) is 5.84 Å². The maximum atomic E-state index is 8.81. The Morgan fingerprint density at radius 3 is 2.75 bits per heavy atom. The van der Waals surface area contributed by atoms with Crippen molar-refractivity contribution in [1.82, 2.24) is 0 Å². The van der Waals surface area contributed by atoms with E-state index < -0.39 is 0 Å². The number of hydrogen-bond donors (Lipinski definition) is 3. The molecule has 2 rings (SSSR count). The molecule has 4 nitrogen and oxygen atoms in total. The first-order valence-corrected chi connectivity index (χ1v) is 6.97. The third-order valence-corrected chi connectivity index (χ3v) is 4.00. The summed E-state index contributed by atoms with van der Waals surface area (Å²) in [7, 11) is 0. The largest absolute Gasteiger partial charge is 0.409 e. The minimum absolute atomic E-state index is 0.119. The summed E-state index contributed by atoms with van der Waals surface area (Å²) in [6, 6.07) is 13.6. The minimum Gasteiger partial charge on any atom is -0.409 e. The van der Waals surface area contributed by atoms with Gasteiger partial charge in [-0.25, -0.2) is 0 Å². The van der Waals surface area contributed by atoms with Gasteiger partial charge in [-0.2, -0.15) is 0 Å². The van der Waals surface area contributed by atoms with Crippen LogP contribution in [0.15, 0.2) is 52.1 Å². The first-order chi connectivity index (χ1) is 9.63. The Bertz CT molecular complexity index is 641. The van der Waals surface area contributed by atoms with E-state index in [1.165, 1.54) is 0 Å². The molecule has 0 radical (unpaired) electrons.